The number of piperidine rings is 1. The van der Waals surface area contributed by atoms with E-state index in [0.29, 0.717) is 12.3 Å². The second-order valence-corrected chi connectivity index (χ2v) is 10.8. The smallest absolute Gasteiger partial charge is 0.119 e. The lowest BCUT2D eigenvalue weighted by molar-refractivity contribution is 0.0581. The summed E-state index contributed by atoms with van der Waals surface area (Å²) in [6, 6.07) is 15.6. The van der Waals surface area contributed by atoms with Crippen LogP contribution in [-0.2, 0) is 0 Å². The Balaban J connectivity index is 1.26. The van der Waals surface area contributed by atoms with Crippen LogP contribution in [0.2, 0.25) is 5.02 Å². The summed E-state index contributed by atoms with van der Waals surface area (Å²) in [7, 11) is 1.65. The van der Waals surface area contributed by atoms with Gasteiger partial charge in [-0.1, -0.05) is 23.7 Å². The molecule has 3 aromatic rings. The van der Waals surface area contributed by atoms with E-state index in [-0.39, 0.29) is 12.5 Å². The highest BCUT2D eigenvalue weighted by atomic mass is 35.5. The summed E-state index contributed by atoms with van der Waals surface area (Å²) in [5, 5.41) is 22.9. The highest BCUT2D eigenvalue weighted by Gasteiger charge is 2.29. The Bertz CT molecular complexity index is 1100. The van der Waals surface area contributed by atoms with E-state index < -0.39 is 6.10 Å². The second-order valence-electron chi connectivity index (χ2n) is 9.30. The number of likely N-dealkylation sites (tertiary alicyclic amines) is 1. The zero-order valence-electron chi connectivity index (χ0n) is 20.3. The molecule has 1 aromatic heterocycles. The van der Waals surface area contributed by atoms with Gasteiger partial charge in [0.1, 0.15) is 5.75 Å². The average Bonchev–Trinajstić information content (AvgIpc) is 2.90. The van der Waals surface area contributed by atoms with Crippen LogP contribution in [0.5, 0.6) is 5.75 Å². The number of aromatic nitrogens is 1. The first-order chi connectivity index (χ1) is 17.1. The van der Waals surface area contributed by atoms with Crippen molar-refractivity contribution in [2.75, 3.05) is 39.1 Å². The van der Waals surface area contributed by atoms with Crippen molar-refractivity contribution in [3.63, 3.8) is 0 Å². The molecule has 0 saturated carbocycles. The van der Waals surface area contributed by atoms with E-state index in [1.54, 1.807) is 25.1 Å². The van der Waals surface area contributed by atoms with Crippen molar-refractivity contribution in [2.45, 2.75) is 36.7 Å². The molecule has 1 aliphatic heterocycles. The van der Waals surface area contributed by atoms with E-state index in [2.05, 4.69) is 16.0 Å². The lowest BCUT2D eigenvalue weighted by Crippen LogP contribution is -2.42. The van der Waals surface area contributed by atoms with Crippen molar-refractivity contribution in [1.82, 2.24) is 9.88 Å². The number of hydrogen-bond acceptors (Lipinski definition) is 6. The first-order valence-electron chi connectivity index (χ1n) is 12.4. The summed E-state index contributed by atoms with van der Waals surface area (Å²) < 4.78 is 5.36. The van der Waals surface area contributed by atoms with Crippen LogP contribution in [0.4, 0.5) is 0 Å². The van der Waals surface area contributed by atoms with E-state index in [0.717, 1.165) is 76.8 Å². The second kappa shape index (κ2) is 12.9. The van der Waals surface area contributed by atoms with Gasteiger partial charge in [0.2, 0.25) is 0 Å². The van der Waals surface area contributed by atoms with Crippen LogP contribution in [0.3, 0.4) is 0 Å². The fourth-order valence-corrected chi connectivity index (χ4v) is 6.24. The number of pyridine rings is 1. The quantitative estimate of drug-likeness (QED) is 0.248. The van der Waals surface area contributed by atoms with E-state index in [1.807, 2.05) is 42.5 Å². The molecule has 0 radical (unpaired) electrons. The zero-order chi connectivity index (χ0) is 24.6. The maximum Gasteiger partial charge on any atom is 0.119 e. The predicted octanol–water partition coefficient (Wildman–Crippen LogP) is 5.82. The molecule has 188 valence electrons. The maximum absolute atomic E-state index is 11.0. The first-order valence-corrected chi connectivity index (χ1v) is 13.8. The Morgan fingerprint density at radius 2 is 2.06 bits per heavy atom. The molecule has 0 spiro atoms. The summed E-state index contributed by atoms with van der Waals surface area (Å²) >= 11 is 8.06. The van der Waals surface area contributed by atoms with Gasteiger partial charge in [-0.15, -0.1) is 11.8 Å². The van der Waals surface area contributed by atoms with Crippen molar-refractivity contribution >= 4 is 34.3 Å². The molecule has 2 aromatic carbocycles. The third kappa shape index (κ3) is 6.89. The normalized spacial score (nSPS) is 19.7. The molecular weight excluding hydrogens is 480 g/mol. The molecule has 0 aliphatic carbocycles. The summed E-state index contributed by atoms with van der Waals surface area (Å²) in [6.07, 6.45) is 4.91. The lowest BCUT2D eigenvalue weighted by Gasteiger charge is -2.38. The van der Waals surface area contributed by atoms with Crippen molar-refractivity contribution in [1.29, 1.82) is 0 Å². The van der Waals surface area contributed by atoms with Crippen LogP contribution >= 0.6 is 23.4 Å². The molecule has 0 bridgehead atoms. The van der Waals surface area contributed by atoms with Crippen LogP contribution < -0.4 is 4.74 Å². The SMILES string of the molecule is COc1ccc2nccc([C@H](O)CC[C@@H]3CCN(CCCSc4ccccc4Cl)C[C@@H]3CO)c2c1. The Kier molecular flexibility index (Phi) is 9.69. The Hall–Kier alpha value is -1.83. The molecule has 1 saturated heterocycles. The molecule has 1 fully saturated rings. The number of halogens is 1. The minimum absolute atomic E-state index is 0.195. The molecule has 2 N–H and O–H groups in total. The Labute approximate surface area is 217 Å². The average molecular weight is 515 g/mol. The fourth-order valence-electron chi connectivity index (χ4n) is 5.07. The van der Waals surface area contributed by atoms with Gasteiger partial charge in [-0.25, -0.2) is 0 Å². The summed E-state index contributed by atoms with van der Waals surface area (Å²) in [5.74, 6) is 2.47. The van der Waals surface area contributed by atoms with Gasteiger partial charge in [0.15, 0.2) is 0 Å². The van der Waals surface area contributed by atoms with Gasteiger partial charge in [0.25, 0.3) is 0 Å². The number of aliphatic hydroxyl groups is 2. The molecule has 7 heteroatoms. The van der Waals surface area contributed by atoms with E-state index in [1.165, 1.54) is 0 Å². The van der Waals surface area contributed by atoms with Gasteiger partial charge >= 0.3 is 0 Å². The van der Waals surface area contributed by atoms with E-state index in [4.69, 9.17) is 16.3 Å². The molecule has 0 unspecified atom stereocenters. The molecule has 0 amide bonds. The number of methoxy groups -OCH3 is 1. The highest BCUT2D eigenvalue weighted by molar-refractivity contribution is 7.99. The summed E-state index contributed by atoms with van der Waals surface area (Å²) in [5.41, 5.74) is 1.75. The number of ether oxygens (including phenoxy) is 1. The number of fused-ring (bicyclic) bond motifs is 1. The van der Waals surface area contributed by atoms with Crippen LogP contribution in [0, 0.1) is 11.8 Å². The molecule has 3 atom stereocenters. The standard InChI is InChI=1S/C28H35ClN2O3S/c1-34-22-8-9-26-24(17-22)23(11-13-30-26)27(33)10-7-20-12-15-31(18-21(20)19-32)14-4-16-35-28-6-3-2-5-25(28)29/h2-3,5-6,8-9,11,13,17,20-21,27,32-33H,4,7,10,12,14-16,18-19H2,1H3/t20-,21-,27-/m1/s1. The fraction of sp³-hybridized carbons (Fsp3) is 0.464. The molecule has 2 heterocycles. The van der Waals surface area contributed by atoms with E-state index in [9.17, 15) is 10.2 Å². The largest absolute Gasteiger partial charge is 0.497 e. The molecular formula is C28H35ClN2O3S. The van der Waals surface area contributed by atoms with Crippen LogP contribution in [0.1, 0.15) is 37.4 Å². The first kappa shape index (κ1) is 26.2. The van der Waals surface area contributed by atoms with Crippen molar-refractivity contribution in [3.8, 4) is 5.75 Å². The molecule has 4 rings (SSSR count). The Morgan fingerprint density at radius 3 is 2.86 bits per heavy atom. The number of hydrogen-bond donors (Lipinski definition) is 2. The zero-order valence-corrected chi connectivity index (χ0v) is 21.8. The summed E-state index contributed by atoms with van der Waals surface area (Å²) in [4.78, 5) is 8.04. The van der Waals surface area contributed by atoms with Gasteiger partial charge in [0.05, 0.1) is 23.8 Å². The number of rotatable bonds is 11. The van der Waals surface area contributed by atoms with Crippen molar-refractivity contribution in [2.24, 2.45) is 11.8 Å². The predicted molar refractivity (Wildman–Crippen MR) is 144 cm³/mol. The van der Waals surface area contributed by atoms with Gasteiger partial charge in [0, 0.05) is 29.6 Å². The monoisotopic (exact) mass is 514 g/mol. The minimum Gasteiger partial charge on any atom is -0.497 e. The number of thioether (sulfide) groups is 1. The third-order valence-corrected chi connectivity index (χ3v) is 8.68. The van der Waals surface area contributed by atoms with Crippen molar-refractivity contribution < 1.29 is 14.9 Å². The minimum atomic E-state index is -0.563. The number of nitrogens with zero attached hydrogens (tertiary/aromatic N) is 2. The lowest BCUT2D eigenvalue weighted by atomic mass is 9.81. The van der Waals surface area contributed by atoms with Gasteiger partial charge in [-0.2, -0.15) is 0 Å². The van der Waals surface area contributed by atoms with Gasteiger partial charge < -0.3 is 19.8 Å². The molecule has 1 aliphatic rings. The van der Waals surface area contributed by atoms with E-state index >= 15 is 0 Å². The highest BCUT2D eigenvalue weighted by Crippen LogP contribution is 2.34. The number of benzene rings is 2. The third-order valence-electron chi connectivity index (χ3n) is 7.08. The van der Waals surface area contributed by atoms with Crippen LogP contribution in [0.25, 0.3) is 10.9 Å². The van der Waals surface area contributed by atoms with Crippen LogP contribution in [-0.4, -0.2) is 59.2 Å². The number of aliphatic hydroxyl groups excluding tert-OH is 2. The molecule has 5 nitrogen and oxygen atoms in total. The van der Waals surface area contributed by atoms with Gasteiger partial charge in [-0.05, 0) is 98.3 Å². The van der Waals surface area contributed by atoms with Crippen molar-refractivity contribution in [3.05, 3.63) is 65.3 Å². The van der Waals surface area contributed by atoms with Crippen LogP contribution in [0.15, 0.2) is 59.6 Å². The topological polar surface area (TPSA) is 65.8 Å². The van der Waals surface area contributed by atoms with Gasteiger partial charge in [-0.3, -0.25) is 4.98 Å². The Morgan fingerprint density at radius 1 is 1.20 bits per heavy atom. The molecule has 35 heavy (non-hydrogen) atoms. The maximum atomic E-state index is 11.0. The summed E-state index contributed by atoms with van der Waals surface area (Å²) in [6.45, 7) is 3.20.